The van der Waals surface area contributed by atoms with Crippen molar-refractivity contribution in [1.29, 1.82) is 0 Å². The number of phenolic OH excluding ortho intramolecular Hbond substituents is 1. The fourth-order valence-corrected chi connectivity index (χ4v) is 9.95. The smallest absolute Gasteiger partial charge is 0.301 e. The van der Waals surface area contributed by atoms with Gasteiger partial charge in [0.2, 0.25) is 23.6 Å². The van der Waals surface area contributed by atoms with Crippen molar-refractivity contribution >= 4 is 63.7 Å². The molecule has 0 aromatic heterocycles. The largest absolute Gasteiger partial charge is 0.508 e. The number of ether oxygens (including phenoxy) is 1. The minimum absolute atomic E-state index is 0.0143. The van der Waals surface area contributed by atoms with E-state index >= 15 is 4.79 Å². The summed E-state index contributed by atoms with van der Waals surface area (Å²) in [6.45, 7) is 0. The summed E-state index contributed by atoms with van der Waals surface area (Å²) in [6, 6.07) is 21.7. The van der Waals surface area contributed by atoms with Crippen LogP contribution in [0.25, 0.3) is 0 Å². The molecule has 2 aliphatic carbocycles. The summed E-state index contributed by atoms with van der Waals surface area (Å²) in [7, 11) is 4.22. The molecule has 4 aromatic rings. The van der Waals surface area contributed by atoms with Crippen LogP contribution in [0.1, 0.15) is 29.9 Å². The molecule has 6 atom stereocenters. The van der Waals surface area contributed by atoms with Gasteiger partial charge in [0.1, 0.15) is 11.5 Å². The van der Waals surface area contributed by atoms with Crippen molar-refractivity contribution in [2.24, 2.45) is 23.7 Å². The first-order valence-electron chi connectivity index (χ1n) is 18.0. The van der Waals surface area contributed by atoms with Crippen LogP contribution < -0.4 is 19.4 Å². The summed E-state index contributed by atoms with van der Waals surface area (Å²) in [5.41, 5.74) is -2.27. The number of benzene rings is 4. The predicted molar refractivity (Wildman–Crippen MR) is 207 cm³/mol. The van der Waals surface area contributed by atoms with Gasteiger partial charge in [-0.3, -0.25) is 39.4 Å². The third-order valence-electron chi connectivity index (χ3n) is 11.9. The average Bonchev–Trinajstić information content (AvgIpc) is 3.58. The highest BCUT2D eigenvalue weighted by Crippen LogP contribution is 2.66. The molecule has 0 bridgehead atoms. The monoisotopic (exact) mass is 791 g/mol. The molecular weight excluding hydrogens is 758 g/mol. The zero-order chi connectivity index (χ0) is 40.7. The molecule has 0 spiro atoms. The number of halogens is 1. The van der Waals surface area contributed by atoms with Crippen molar-refractivity contribution in [2.45, 2.75) is 24.2 Å². The molecule has 2 saturated heterocycles. The van der Waals surface area contributed by atoms with E-state index in [4.69, 9.17) is 16.3 Å². The summed E-state index contributed by atoms with van der Waals surface area (Å²) in [6.07, 6.45) is 1.68. The second-order valence-electron chi connectivity index (χ2n) is 14.7. The Kier molecular flexibility index (Phi) is 8.87. The van der Waals surface area contributed by atoms with E-state index in [1.54, 1.807) is 66.7 Å². The molecule has 0 radical (unpaired) electrons. The molecule has 4 aliphatic rings. The lowest BCUT2D eigenvalue weighted by Crippen LogP contribution is -2.53. The van der Waals surface area contributed by atoms with Gasteiger partial charge in [0.15, 0.2) is 5.69 Å². The van der Waals surface area contributed by atoms with E-state index in [1.165, 1.54) is 38.2 Å². The van der Waals surface area contributed by atoms with Gasteiger partial charge in [0.25, 0.3) is 0 Å². The van der Waals surface area contributed by atoms with Crippen molar-refractivity contribution in [3.05, 3.63) is 133 Å². The number of aromatic hydroxyl groups is 1. The highest BCUT2D eigenvalue weighted by Gasteiger charge is 2.71. The van der Waals surface area contributed by atoms with Crippen LogP contribution in [-0.4, -0.2) is 59.8 Å². The van der Waals surface area contributed by atoms with Crippen LogP contribution in [0.15, 0.2) is 96.6 Å². The maximum Gasteiger partial charge on any atom is 0.301 e. The quantitative estimate of drug-likeness (QED) is 0.0911. The molecule has 15 nitrogen and oxygen atoms in total. The first-order chi connectivity index (χ1) is 27.2. The summed E-state index contributed by atoms with van der Waals surface area (Å²) >= 11 is 6.38. The van der Waals surface area contributed by atoms with Crippen molar-refractivity contribution in [3.8, 4) is 11.5 Å². The van der Waals surface area contributed by atoms with Gasteiger partial charge in [-0.05, 0) is 54.7 Å². The fraction of sp³-hybridized carbons (Fsp3) is 0.268. The van der Waals surface area contributed by atoms with Crippen LogP contribution in [0.5, 0.6) is 11.5 Å². The number of nitrogens with zero attached hydrogens (tertiary/aromatic N) is 5. The number of nitro groups is 2. The predicted octanol–water partition coefficient (Wildman–Crippen LogP) is 6.30. The Balaban J connectivity index is 1.35. The van der Waals surface area contributed by atoms with E-state index in [-0.39, 0.29) is 52.0 Å². The van der Waals surface area contributed by atoms with Gasteiger partial charge in [-0.25, -0.2) is 9.80 Å². The number of anilines is 3. The van der Waals surface area contributed by atoms with Crippen LogP contribution >= 0.6 is 11.6 Å². The lowest BCUT2D eigenvalue weighted by atomic mass is 9.49. The van der Waals surface area contributed by atoms with Crippen molar-refractivity contribution in [3.63, 3.8) is 0 Å². The highest BCUT2D eigenvalue weighted by molar-refractivity contribution is 6.32. The first kappa shape index (κ1) is 37.3. The number of imide groups is 2. The van der Waals surface area contributed by atoms with E-state index in [0.717, 1.165) is 21.9 Å². The average molecular weight is 792 g/mol. The van der Waals surface area contributed by atoms with Crippen molar-refractivity contribution in [1.82, 2.24) is 0 Å². The van der Waals surface area contributed by atoms with Gasteiger partial charge in [0.05, 0.1) is 51.5 Å². The number of allylic oxidation sites excluding steroid dienone is 2. The molecule has 4 amide bonds. The lowest BCUT2D eigenvalue weighted by molar-refractivity contribution is -0.392. The number of carbonyl (C=O) groups excluding carboxylic acids is 4. The lowest BCUT2D eigenvalue weighted by Gasteiger charge is -2.51. The molecule has 4 aromatic carbocycles. The van der Waals surface area contributed by atoms with Crippen LogP contribution in [0.4, 0.5) is 28.4 Å². The second-order valence-corrected chi connectivity index (χ2v) is 15.2. The number of amides is 4. The molecule has 16 heteroatoms. The third kappa shape index (κ3) is 5.32. The number of rotatable bonds is 8. The Hall–Kier alpha value is -6.61. The maximum atomic E-state index is 15.5. The second kappa shape index (κ2) is 13.5. The van der Waals surface area contributed by atoms with Crippen molar-refractivity contribution < 1.29 is 38.9 Å². The van der Waals surface area contributed by atoms with E-state index < -0.39 is 79.9 Å². The van der Waals surface area contributed by atoms with Gasteiger partial charge in [0, 0.05) is 42.7 Å². The van der Waals surface area contributed by atoms with Crippen molar-refractivity contribution in [2.75, 3.05) is 35.9 Å². The Morgan fingerprint density at radius 2 is 1.49 bits per heavy atom. The summed E-state index contributed by atoms with van der Waals surface area (Å²) in [5, 5.41) is 36.5. The summed E-state index contributed by atoms with van der Waals surface area (Å²) in [4.78, 5) is 85.5. The number of nitro benzene ring substituents is 2. The normalized spacial score (nSPS) is 25.1. The number of fused-ring (bicyclic) bond motifs is 4. The Morgan fingerprint density at radius 3 is 2.11 bits per heavy atom. The van der Waals surface area contributed by atoms with Gasteiger partial charge in [-0.2, -0.15) is 0 Å². The number of hydrogen-bond acceptors (Lipinski definition) is 11. The molecule has 2 aliphatic heterocycles. The van der Waals surface area contributed by atoms with E-state index in [0.29, 0.717) is 11.1 Å². The number of carbonyl (C=O) groups is 4. The first-order valence-corrected chi connectivity index (χ1v) is 18.4. The minimum Gasteiger partial charge on any atom is -0.508 e. The molecule has 57 heavy (non-hydrogen) atoms. The molecule has 0 unspecified atom stereocenters. The zero-order valence-corrected chi connectivity index (χ0v) is 31.5. The molecule has 1 saturated carbocycles. The number of phenols is 1. The molecule has 290 valence electrons. The van der Waals surface area contributed by atoms with Gasteiger partial charge in [-0.15, -0.1) is 0 Å². The Morgan fingerprint density at radius 1 is 0.825 bits per heavy atom. The van der Waals surface area contributed by atoms with E-state index in [9.17, 15) is 39.7 Å². The van der Waals surface area contributed by atoms with Crippen LogP contribution in [0.2, 0.25) is 5.02 Å². The van der Waals surface area contributed by atoms with Gasteiger partial charge >= 0.3 is 11.4 Å². The van der Waals surface area contributed by atoms with Crippen LogP contribution in [0.3, 0.4) is 0 Å². The van der Waals surface area contributed by atoms with Gasteiger partial charge < -0.3 is 14.7 Å². The highest BCUT2D eigenvalue weighted by atomic mass is 35.5. The molecule has 1 N–H and O–H groups in total. The van der Waals surface area contributed by atoms with Gasteiger partial charge in [-0.1, -0.05) is 65.7 Å². The van der Waals surface area contributed by atoms with Crippen LogP contribution in [-0.2, 0) is 24.6 Å². The van der Waals surface area contributed by atoms with E-state index in [2.05, 4.69) is 0 Å². The molecule has 3 fully saturated rings. The maximum absolute atomic E-state index is 15.5. The zero-order valence-electron chi connectivity index (χ0n) is 30.7. The SMILES string of the molecule is COc1cccc(O)c1[C@H]1C2=CC[C@@H]3C(=O)N(c4cc([N+](=O)[O-])c(N(C)C)c([N+](=O)[O-])c4)C(=O)[C@@H]3[C@@H]2C[C@H]2C(=O)N(c3cccc(Cl)c3)C(=O)[C@@]12c1ccccc1. The standard InChI is InChI=1S/C41H34ClN5O10/c1-43(2)36-29(46(53)54)18-24(19-30(36)47(55)56)44-37(49)26-16-15-25-27(33(26)39(44)51)20-28-38(50)45(23-12-7-11-22(42)17-23)40(52)41(28,21-9-5-4-6-10-21)35(25)34-31(48)13-8-14-32(34)57-3/h4-15,17-19,26-28,33,35,48H,16,20H2,1-3H3/t26-,27+,28-,33-,35+,41+/m0/s1. The van der Waals surface area contributed by atoms with E-state index in [1.807, 2.05) is 0 Å². The number of methoxy groups -OCH3 is 1. The summed E-state index contributed by atoms with van der Waals surface area (Å²) in [5.74, 6) is -7.93. The Bertz CT molecular complexity index is 2440. The summed E-state index contributed by atoms with van der Waals surface area (Å²) < 4.78 is 5.81. The molecule has 8 rings (SSSR count). The Labute approximate surface area is 330 Å². The minimum atomic E-state index is -1.70. The van der Waals surface area contributed by atoms with Crippen LogP contribution in [0, 0.1) is 43.9 Å². The number of hydrogen-bond donors (Lipinski definition) is 1. The molecule has 2 heterocycles. The fourth-order valence-electron chi connectivity index (χ4n) is 9.77. The topological polar surface area (TPSA) is 194 Å². The third-order valence-corrected chi connectivity index (χ3v) is 12.1. The molecular formula is C41H34ClN5O10.